The third-order valence-corrected chi connectivity index (χ3v) is 0.854. The first kappa shape index (κ1) is 4.17. The molecule has 0 bridgehead atoms. The predicted octanol–water partition coefficient (Wildman–Crippen LogP) is 2.59. The van der Waals surface area contributed by atoms with E-state index in [1.807, 2.05) is 0 Å². The van der Waals surface area contributed by atoms with Crippen molar-refractivity contribution in [3.63, 3.8) is 0 Å². The van der Waals surface area contributed by atoms with E-state index < -0.39 is 0 Å². The Balaban J connectivity index is 2.45. The van der Waals surface area contributed by atoms with E-state index in [0.717, 1.165) is 6.42 Å². The molecule has 0 saturated carbocycles. The second-order valence-electron chi connectivity index (χ2n) is 1.56. The van der Waals surface area contributed by atoms with E-state index in [1.165, 1.54) is 19.3 Å². The monoisotopic (exact) mass is 88.1 g/mol. The minimum atomic E-state index is 0.611. The van der Waals surface area contributed by atoms with Gasteiger partial charge in [-0.2, -0.15) is 0 Å². The first-order valence-corrected chi connectivity index (χ1v) is 2.71. The van der Waals surface area contributed by atoms with Crippen molar-refractivity contribution in [3.05, 3.63) is 0 Å². The Morgan fingerprint density at radius 3 is 2.50 bits per heavy atom. The van der Waals surface area contributed by atoms with Crippen molar-refractivity contribution in [1.82, 2.24) is 0 Å². The van der Waals surface area contributed by atoms with E-state index in [9.17, 15) is 0 Å². The van der Waals surface area contributed by atoms with E-state index in [4.69, 9.17) is 1.37 Å². The van der Waals surface area contributed by atoms with Crippen LogP contribution in [0.3, 0.4) is 0 Å². The fourth-order valence-corrected chi connectivity index (χ4v) is 0.427. The average molecular weight is 88.2 g/mol. The number of hydrogen-bond acceptors (Lipinski definition) is 0. The molecule has 0 N–H and O–H groups in total. The second kappa shape index (κ2) is 5.00. The predicted molar refractivity (Wildman–Crippen MR) is 29.8 cm³/mol. The zero-order valence-corrected chi connectivity index (χ0v) is 4.54. The van der Waals surface area contributed by atoms with Gasteiger partial charge in [0.15, 0.2) is 0 Å². The van der Waals surface area contributed by atoms with Gasteiger partial charge in [-0.25, -0.2) is 0 Å². The van der Waals surface area contributed by atoms with Gasteiger partial charge in [-0.1, -0.05) is 39.5 Å². The maximum absolute atomic E-state index is 6.78. The van der Waals surface area contributed by atoms with E-state index >= 15 is 0 Å². The SMILES string of the molecule is [3H]CCCCCC. The van der Waals surface area contributed by atoms with Crippen LogP contribution in [0, 0.1) is 0 Å². The standard InChI is InChI=1S/C6H14/c1-3-5-6-4-2/h3-6H2,1-2H3/i1T. The maximum atomic E-state index is 6.78. The van der Waals surface area contributed by atoms with Crippen LogP contribution in [0.25, 0.3) is 0 Å². The van der Waals surface area contributed by atoms with Gasteiger partial charge in [-0.05, 0) is 0 Å². The van der Waals surface area contributed by atoms with Crippen LogP contribution in [-0.4, -0.2) is 0 Å². The van der Waals surface area contributed by atoms with E-state index in [0.29, 0.717) is 6.90 Å². The third-order valence-electron chi connectivity index (χ3n) is 0.854. The van der Waals surface area contributed by atoms with Gasteiger partial charge in [0.1, 0.15) is 0 Å². The number of rotatable bonds is 3. The quantitative estimate of drug-likeness (QED) is 0.465. The van der Waals surface area contributed by atoms with Crippen LogP contribution in [0.15, 0.2) is 0 Å². The molecule has 6 heavy (non-hydrogen) atoms. The molecule has 0 heterocycles. The molecule has 0 atom stereocenters. The Labute approximate surface area is 42.0 Å². The molecule has 0 amide bonds. The largest absolute Gasteiger partial charge is 0.0654 e. The molecule has 0 aliphatic carbocycles. The normalized spacial score (nSPS) is 11.2. The molecular weight excluding hydrogens is 72.1 g/mol. The summed E-state index contributed by atoms with van der Waals surface area (Å²) < 4.78 is 6.78. The molecule has 0 aliphatic heterocycles. The summed E-state index contributed by atoms with van der Waals surface area (Å²) in [6.07, 6.45) is 4.92. The van der Waals surface area contributed by atoms with Gasteiger partial charge in [0.2, 0.25) is 0 Å². The molecule has 0 nitrogen and oxygen atoms in total. The molecule has 0 aromatic rings. The molecule has 0 unspecified atom stereocenters. The lowest BCUT2D eigenvalue weighted by molar-refractivity contribution is 0.702. The van der Waals surface area contributed by atoms with Crippen molar-refractivity contribution in [1.29, 1.82) is 0 Å². The Morgan fingerprint density at radius 1 is 1.33 bits per heavy atom. The summed E-state index contributed by atoms with van der Waals surface area (Å²) in [5.41, 5.74) is 0. The lowest BCUT2D eigenvalue weighted by Gasteiger charge is -1.86. The topological polar surface area (TPSA) is 0 Å². The van der Waals surface area contributed by atoms with Crippen LogP contribution < -0.4 is 0 Å². The Kier molecular flexibility index (Phi) is 3.47. The highest BCUT2D eigenvalue weighted by atomic mass is 13.8. The Morgan fingerprint density at radius 2 is 2.00 bits per heavy atom. The van der Waals surface area contributed by atoms with Crippen molar-refractivity contribution in [2.75, 3.05) is 0 Å². The summed E-state index contributed by atoms with van der Waals surface area (Å²) in [4.78, 5) is 0. The zero-order chi connectivity index (χ0) is 5.54. The highest BCUT2D eigenvalue weighted by Gasteiger charge is 1.75. The zero-order valence-electron chi connectivity index (χ0n) is 5.54. The van der Waals surface area contributed by atoms with E-state index in [-0.39, 0.29) is 0 Å². The lowest BCUT2D eigenvalue weighted by Crippen LogP contribution is -1.66. The number of unbranched alkanes of at least 4 members (excludes halogenated alkanes) is 3. The lowest BCUT2D eigenvalue weighted by atomic mass is 10.2. The van der Waals surface area contributed by atoms with E-state index in [1.54, 1.807) is 0 Å². The van der Waals surface area contributed by atoms with Gasteiger partial charge in [-0.15, -0.1) is 0 Å². The average Bonchev–Trinajstić information content (AvgIpc) is 1.69. The third kappa shape index (κ3) is 4.00. The summed E-state index contributed by atoms with van der Waals surface area (Å²) in [5, 5.41) is 0. The molecule has 0 aromatic heterocycles. The van der Waals surface area contributed by atoms with Crippen LogP contribution >= 0.6 is 0 Å². The molecular formula is C6H14. The minimum Gasteiger partial charge on any atom is -0.0654 e. The Hall–Kier alpha value is 0. The smallest absolute Gasteiger partial charge is 0.0230 e. The first-order chi connectivity index (χ1) is 3.41. The van der Waals surface area contributed by atoms with Gasteiger partial charge in [0.05, 0.1) is 0 Å². The minimum absolute atomic E-state index is 0.611. The molecule has 0 aliphatic rings. The summed E-state index contributed by atoms with van der Waals surface area (Å²) in [7, 11) is 0. The summed E-state index contributed by atoms with van der Waals surface area (Å²) in [6.45, 7) is 2.80. The van der Waals surface area contributed by atoms with Crippen LogP contribution in [0.4, 0.5) is 0 Å². The van der Waals surface area contributed by atoms with Crippen LogP contribution in [0.2, 0.25) is 0 Å². The van der Waals surface area contributed by atoms with Gasteiger partial charge in [-0.3, -0.25) is 0 Å². The fourth-order valence-electron chi connectivity index (χ4n) is 0.427. The molecule has 0 heteroatoms. The van der Waals surface area contributed by atoms with Gasteiger partial charge < -0.3 is 0 Å². The summed E-state index contributed by atoms with van der Waals surface area (Å²) in [6, 6.07) is 0. The fraction of sp³-hybridized carbons (Fsp3) is 1.00. The molecule has 0 spiro atoms. The van der Waals surface area contributed by atoms with E-state index in [2.05, 4.69) is 6.92 Å². The second-order valence-corrected chi connectivity index (χ2v) is 1.56. The van der Waals surface area contributed by atoms with Crippen molar-refractivity contribution >= 4 is 0 Å². The van der Waals surface area contributed by atoms with Crippen molar-refractivity contribution in [2.24, 2.45) is 0 Å². The summed E-state index contributed by atoms with van der Waals surface area (Å²) in [5.74, 6) is 0. The van der Waals surface area contributed by atoms with Crippen LogP contribution in [0.5, 0.6) is 0 Å². The van der Waals surface area contributed by atoms with Gasteiger partial charge in [0, 0.05) is 1.37 Å². The molecule has 0 rings (SSSR count). The Bertz CT molecular complexity index is 23.4. The van der Waals surface area contributed by atoms with Crippen LogP contribution in [-0.2, 0) is 0 Å². The molecule has 0 saturated heterocycles. The molecule has 0 radical (unpaired) electrons. The van der Waals surface area contributed by atoms with Crippen LogP contribution in [0.1, 0.15) is 40.9 Å². The summed E-state index contributed by atoms with van der Waals surface area (Å²) >= 11 is 0. The maximum Gasteiger partial charge on any atom is 0.0230 e. The van der Waals surface area contributed by atoms with Gasteiger partial charge >= 0.3 is 0 Å². The molecule has 0 aromatic carbocycles. The van der Waals surface area contributed by atoms with Gasteiger partial charge in [0.25, 0.3) is 0 Å². The highest BCUT2D eigenvalue weighted by Crippen LogP contribution is 1.95. The number of hydrogen-bond donors (Lipinski definition) is 0. The molecule has 0 fully saturated rings. The van der Waals surface area contributed by atoms with Crippen molar-refractivity contribution in [3.8, 4) is 0 Å². The highest BCUT2D eigenvalue weighted by molar-refractivity contribution is 4.31. The van der Waals surface area contributed by atoms with Crippen molar-refractivity contribution < 1.29 is 1.37 Å². The van der Waals surface area contributed by atoms with Crippen molar-refractivity contribution in [2.45, 2.75) is 39.5 Å². The molecule has 38 valence electrons. The first-order valence-electron chi connectivity index (χ1n) is 3.41.